The van der Waals surface area contributed by atoms with E-state index in [-0.39, 0.29) is 30.6 Å². The molecule has 1 N–H and O–H groups in total. The maximum Gasteiger partial charge on any atom is 0.513 e. The Kier molecular flexibility index (Phi) is 6.94. The van der Waals surface area contributed by atoms with Crippen molar-refractivity contribution in [3.8, 4) is 16.9 Å². The van der Waals surface area contributed by atoms with Crippen molar-refractivity contribution < 1.29 is 36.2 Å². The molecule has 1 aliphatic rings. The average molecular weight is 494 g/mol. The van der Waals surface area contributed by atoms with Crippen LogP contribution in [0.25, 0.3) is 11.1 Å². The number of alkyl carbamates (subject to hydrolysis) is 1. The summed E-state index contributed by atoms with van der Waals surface area (Å²) in [4.78, 5) is 34.9. The van der Waals surface area contributed by atoms with Crippen LogP contribution in [0.15, 0.2) is 72.8 Å². The number of rotatable bonds is 9. The Hall–Kier alpha value is -4.44. The molecule has 3 aromatic rings. The van der Waals surface area contributed by atoms with Gasteiger partial charge in [-0.2, -0.15) is 0 Å². The van der Waals surface area contributed by atoms with Crippen molar-refractivity contribution >= 4 is 17.9 Å². The molecule has 0 saturated carbocycles. The number of amides is 1. The minimum atomic E-state index is -2.75. The van der Waals surface area contributed by atoms with Crippen LogP contribution >= 0.6 is 0 Å². The molecule has 0 saturated heterocycles. The number of non-ortho nitro benzene ring substituents is 1. The molecule has 0 radical (unpaired) electrons. The molecule has 0 aromatic heterocycles. The Balaban J connectivity index is 1.37. The number of nitrogens with one attached hydrogen (secondary N) is 1. The molecule has 10 nitrogen and oxygen atoms in total. The third-order valence-electron chi connectivity index (χ3n) is 5.50. The first kappa shape index (κ1) is 22.1. The summed E-state index contributed by atoms with van der Waals surface area (Å²) >= 11 is 0. The molecule has 186 valence electrons. The van der Waals surface area contributed by atoms with Crippen molar-refractivity contribution in [1.82, 2.24) is 5.32 Å². The summed E-state index contributed by atoms with van der Waals surface area (Å²) in [6.45, 7) is -3.09. The highest BCUT2D eigenvalue weighted by molar-refractivity contribution is 5.79. The average Bonchev–Trinajstić information content (AvgIpc) is 3.21. The van der Waals surface area contributed by atoms with E-state index in [0.29, 0.717) is 0 Å². The highest BCUT2D eigenvalue weighted by Gasteiger charge is 2.29. The predicted octanol–water partition coefficient (Wildman–Crippen LogP) is 4.66. The molecule has 0 aliphatic heterocycles. The Bertz CT molecular complexity index is 1290. The summed E-state index contributed by atoms with van der Waals surface area (Å²) in [6.07, 6.45) is -2.34. The lowest BCUT2D eigenvalue weighted by Crippen LogP contribution is -2.42. The Morgan fingerprint density at radius 1 is 1.00 bits per heavy atom. The summed E-state index contributed by atoms with van der Waals surface area (Å²) in [7, 11) is 1.29. The summed E-state index contributed by atoms with van der Waals surface area (Å²) in [6, 6.07) is 18.8. The summed E-state index contributed by atoms with van der Waals surface area (Å²) in [5.74, 6) is -0.289. The van der Waals surface area contributed by atoms with Gasteiger partial charge in [0.15, 0.2) is 0 Å². The lowest BCUT2D eigenvalue weighted by atomic mass is 9.98. The van der Waals surface area contributed by atoms with Gasteiger partial charge in [0, 0.05) is 25.2 Å². The van der Waals surface area contributed by atoms with Crippen LogP contribution < -0.4 is 10.1 Å². The van der Waals surface area contributed by atoms with E-state index in [9.17, 15) is 19.7 Å². The van der Waals surface area contributed by atoms with Crippen LogP contribution in [-0.2, 0) is 14.2 Å². The van der Waals surface area contributed by atoms with Gasteiger partial charge in [-0.05, 0) is 34.4 Å². The highest BCUT2D eigenvalue weighted by Crippen LogP contribution is 2.44. The predicted molar refractivity (Wildman–Crippen MR) is 129 cm³/mol. The van der Waals surface area contributed by atoms with Crippen LogP contribution in [0.5, 0.6) is 5.75 Å². The minimum Gasteiger partial charge on any atom is -0.449 e. The Morgan fingerprint density at radius 3 is 2.19 bits per heavy atom. The SMILES string of the molecule is [2H]C([2H])(OC(=O)Oc1ccc([N+](=O)[O-])cc1)[C@H](COC)NC(=O)OCC1c2ccccc2-c2ccccc21. The molecule has 1 amide bonds. The van der Waals surface area contributed by atoms with Gasteiger partial charge in [-0.25, -0.2) is 9.59 Å². The zero-order chi connectivity index (χ0) is 27.3. The van der Waals surface area contributed by atoms with Gasteiger partial charge < -0.3 is 24.3 Å². The minimum absolute atomic E-state index is 0.00556. The molecule has 4 rings (SSSR count). The van der Waals surface area contributed by atoms with Gasteiger partial charge in [0.25, 0.3) is 5.69 Å². The second-order valence-corrected chi connectivity index (χ2v) is 7.80. The maximum atomic E-state index is 12.6. The van der Waals surface area contributed by atoms with Crippen molar-refractivity contribution in [2.24, 2.45) is 0 Å². The number of carbonyl (C=O) groups is 2. The van der Waals surface area contributed by atoms with Crippen molar-refractivity contribution in [2.75, 3.05) is 26.9 Å². The second kappa shape index (κ2) is 11.3. The third kappa shape index (κ3) is 5.78. The van der Waals surface area contributed by atoms with Gasteiger partial charge in [-0.1, -0.05) is 48.5 Å². The first-order valence-electron chi connectivity index (χ1n) is 12.0. The molecule has 0 unspecified atom stereocenters. The molecule has 36 heavy (non-hydrogen) atoms. The number of fused-ring (bicyclic) bond motifs is 3. The summed E-state index contributed by atoms with van der Waals surface area (Å²) < 4.78 is 36.4. The molecule has 0 bridgehead atoms. The normalized spacial score (nSPS) is 13.9. The van der Waals surface area contributed by atoms with Gasteiger partial charge >= 0.3 is 12.2 Å². The van der Waals surface area contributed by atoms with Gasteiger partial charge in [0.2, 0.25) is 0 Å². The number of nitrogens with zero attached hydrogens (tertiary/aromatic N) is 1. The Morgan fingerprint density at radius 2 is 1.61 bits per heavy atom. The van der Waals surface area contributed by atoms with Crippen LogP contribution in [0.4, 0.5) is 15.3 Å². The fourth-order valence-electron chi connectivity index (χ4n) is 3.93. The number of ether oxygens (including phenoxy) is 4. The lowest BCUT2D eigenvalue weighted by molar-refractivity contribution is -0.384. The van der Waals surface area contributed by atoms with Crippen LogP contribution in [0.1, 0.15) is 19.8 Å². The van der Waals surface area contributed by atoms with E-state index in [1.807, 2.05) is 48.5 Å². The quantitative estimate of drug-likeness (QED) is 0.197. The zero-order valence-electron chi connectivity index (χ0n) is 21.2. The fourth-order valence-corrected chi connectivity index (χ4v) is 3.93. The van der Waals surface area contributed by atoms with Gasteiger partial charge in [-0.3, -0.25) is 10.1 Å². The summed E-state index contributed by atoms with van der Waals surface area (Å²) in [5, 5.41) is 13.1. The molecular formula is C26H24N2O8. The molecule has 0 fully saturated rings. The molecule has 1 atom stereocenters. The lowest BCUT2D eigenvalue weighted by Gasteiger charge is -2.19. The van der Waals surface area contributed by atoms with Crippen molar-refractivity contribution in [3.05, 3.63) is 94.0 Å². The fraction of sp³-hybridized carbons (Fsp3) is 0.231. The number of benzene rings is 3. The maximum absolute atomic E-state index is 12.6. The first-order valence-corrected chi connectivity index (χ1v) is 11.0. The number of nitro groups is 1. The number of hydrogen-bond acceptors (Lipinski definition) is 8. The molecule has 0 heterocycles. The molecular weight excluding hydrogens is 468 g/mol. The standard InChI is InChI=1S/C26H24N2O8/c1-33-14-17(15-35-26(30)36-19-12-10-18(11-13-19)28(31)32)27-25(29)34-16-24-22-8-4-2-6-20(22)21-7-3-5-9-23(21)24/h2-13,17,24H,14-16H2,1H3,(H,27,29)/t17-/m0/s1/i15D2. The largest absolute Gasteiger partial charge is 0.513 e. The van der Waals surface area contributed by atoms with Gasteiger partial charge in [0.1, 0.15) is 18.9 Å². The van der Waals surface area contributed by atoms with Crippen molar-refractivity contribution in [3.63, 3.8) is 0 Å². The zero-order valence-corrected chi connectivity index (χ0v) is 19.2. The Labute approximate surface area is 209 Å². The smallest absolute Gasteiger partial charge is 0.449 e. The topological polar surface area (TPSA) is 126 Å². The van der Waals surface area contributed by atoms with E-state index in [2.05, 4.69) is 5.32 Å². The van der Waals surface area contributed by atoms with E-state index in [0.717, 1.165) is 46.5 Å². The van der Waals surface area contributed by atoms with E-state index in [1.54, 1.807) is 0 Å². The number of carbonyl (C=O) groups excluding carboxylic acids is 2. The van der Waals surface area contributed by atoms with E-state index in [1.165, 1.54) is 7.11 Å². The van der Waals surface area contributed by atoms with Crippen LogP contribution in [-0.4, -0.2) is 50.1 Å². The van der Waals surface area contributed by atoms with Crippen molar-refractivity contribution in [1.29, 1.82) is 0 Å². The van der Waals surface area contributed by atoms with E-state index in [4.69, 9.17) is 21.7 Å². The van der Waals surface area contributed by atoms with E-state index >= 15 is 0 Å². The third-order valence-corrected chi connectivity index (χ3v) is 5.50. The van der Waals surface area contributed by atoms with Crippen molar-refractivity contribution in [2.45, 2.75) is 12.0 Å². The summed E-state index contributed by atoms with van der Waals surface area (Å²) in [5.41, 5.74) is 3.94. The van der Waals surface area contributed by atoms with Crippen LogP contribution in [0.3, 0.4) is 0 Å². The molecule has 10 heteroatoms. The van der Waals surface area contributed by atoms with Gasteiger partial charge in [-0.15, -0.1) is 0 Å². The first-order chi connectivity index (χ1) is 18.2. The van der Waals surface area contributed by atoms with E-state index < -0.39 is 29.8 Å². The molecule has 3 aromatic carbocycles. The molecule has 0 spiro atoms. The highest BCUT2D eigenvalue weighted by atomic mass is 16.7. The number of methoxy groups -OCH3 is 1. The van der Waals surface area contributed by atoms with Crippen LogP contribution in [0.2, 0.25) is 0 Å². The number of hydrogen-bond donors (Lipinski definition) is 1. The van der Waals surface area contributed by atoms with Gasteiger partial charge in [0.05, 0.1) is 20.3 Å². The molecule has 1 aliphatic carbocycles. The number of nitro benzene ring substituents is 1. The second-order valence-electron chi connectivity index (χ2n) is 7.80. The monoisotopic (exact) mass is 494 g/mol. The van der Waals surface area contributed by atoms with Crippen LogP contribution in [0, 0.1) is 10.1 Å².